The first kappa shape index (κ1) is 27.4. The Bertz CT molecular complexity index is 1500. The van der Waals surface area contributed by atoms with E-state index < -0.39 is 39.8 Å². The molecule has 3 aromatic rings. The molecule has 3 aromatic heterocycles. The van der Waals surface area contributed by atoms with E-state index >= 15 is 0 Å². The van der Waals surface area contributed by atoms with E-state index in [4.69, 9.17) is 9.47 Å². The Morgan fingerprint density at radius 1 is 1.21 bits per heavy atom. The lowest BCUT2D eigenvalue weighted by atomic mass is 9.94. The molecule has 0 spiro atoms. The molecule has 4 heterocycles. The molecule has 1 aliphatic heterocycles. The van der Waals surface area contributed by atoms with Crippen molar-refractivity contribution in [3.63, 3.8) is 0 Å². The van der Waals surface area contributed by atoms with Gasteiger partial charge in [0.25, 0.3) is 11.8 Å². The van der Waals surface area contributed by atoms with Crippen molar-refractivity contribution in [2.75, 3.05) is 18.1 Å². The van der Waals surface area contributed by atoms with Crippen molar-refractivity contribution < 1.29 is 40.7 Å². The predicted molar refractivity (Wildman–Crippen MR) is 130 cm³/mol. The Balaban J connectivity index is 1.58. The highest BCUT2D eigenvalue weighted by Crippen LogP contribution is 2.32. The third kappa shape index (κ3) is 6.23. The van der Waals surface area contributed by atoms with Crippen LogP contribution in [-0.4, -0.2) is 64.3 Å². The summed E-state index contributed by atoms with van der Waals surface area (Å²) < 4.78 is 73.8. The lowest BCUT2D eigenvalue weighted by Gasteiger charge is -2.34. The second kappa shape index (κ2) is 9.89. The minimum absolute atomic E-state index is 0.00920. The molecule has 0 saturated carbocycles. The molecule has 0 radical (unpaired) electrons. The zero-order valence-electron chi connectivity index (χ0n) is 20.8. The van der Waals surface area contributed by atoms with Gasteiger partial charge in [-0.2, -0.15) is 13.2 Å². The predicted octanol–water partition coefficient (Wildman–Crippen LogP) is 3.67. The van der Waals surface area contributed by atoms with Crippen LogP contribution < -0.4 is 14.8 Å². The average Bonchev–Trinajstić information content (AvgIpc) is 3.16. The number of Topliss-reactive ketones (excluding diaryl/α,β-unsaturated/α-hetero) is 1. The van der Waals surface area contributed by atoms with Crippen LogP contribution in [0.3, 0.4) is 0 Å². The van der Waals surface area contributed by atoms with Gasteiger partial charge in [-0.05, 0) is 51.8 Å². The van der Waals surface area contributed by atoms with Gasteiger partial charge in [0.2, 0.25) is 0 Å². The molecule has 38 heavy (non-hydrogen) atoms. The Morgan fingerprint density at radius 3 is 2.53 bits per heavy atom. The second-order valence-electron chi connectivity index (χ2n) is 9.39. The van der Waals surface area contributed by atoms with Crippen LogP contribution in [0, 0.1) is 6.92 Å². The molecule has 1 fully saturated rings. The van der Waals surface area contributed by atoms with Crippen LogP contribution in [0.4, 0.5) is 13.2 Å². The molecule has 204 valence electrons. The summed E-state index contributed by atoms with van der Waals surface area (Å²) >= 11 is 0. The molecule has 10 nitrogen and oxygen atoms in total. The fourth-order valence-electron chi connectivity index (χ4n) is 3.94. The molecule has 14 heteroatoms. The minimum atomic E-state index is -4.61. The SMILES string of the molecule is CC(=O)c1cnc(Oc2ccc3nc(C(=O)NC4(C)CCS(=O)(=O)CC4)c(C)n3c2)c(OCC(F)(F)F)c1. The summed E-state index contributed by atoms with van der Waals surface area (Å²) in [7, 11) is -3.11. The van der Waals surface area contributed by atoms with Crippen LogP contribution in [0.15, 0.2) is 30.6 Å². The van der Waals surface area contributed by atoms with E-state index in [-0.39, 0.29) is 40.1 Å². The molecule has 1 N–H and O–H groups in total. The maximum atomic E-state index is 13.0. The highest BCUT2D eigenvalue weighted by Gasteiger charge is 2.35. The highest BCUT2D eigenvalue weighted by molar-refractivity contribution is 7.91. The lowest BCUT2D eigenvalue weighted by molar-refractivity contribution is -0.153. The van der Waals surface area contributed by atoms with Crippen LogP contribution in [-0.2, 0) is 9.84 Å². The zero-order valence-corrected chi connectivity index (χ0v) is 21.6. The first-order chi connectivity index (χ1) is 17.6. The van der Waals surface area contributed by atoms with E-state index in [9.17, 15) is 31.2 Å². The lowest BCUT2D eigenvalue weighted by Crippen LogP contribution is -2.51. The van der Waals surface area contributed by atoms with Gasteiger partial charge in [0.15, 0.2) is 18.1 Å². The number of amides is 1. The van der Waals surface area contributed by atoms with E-state index in [0.717, 1.165) is 6.07 Å². The number of nitrogens with one attached hydrogen (secondary N) is 1. The normalized spacial score (nSPS) is 16.7. The number of pyridine rings is 2. The number of alkyl halides is 3. The second-order valence-corrected chi connectivity index (χ2v) is 11.7. The van der Waals surface area contributed by atoms with E-state index in [1.54, 1.807) is 24.3 Å². The molecule has 1 amide bonds. The Morgan fingerprint density at radius 2 is 1.89 bits per heavy atom. The number of nitrogens with zero attached hydrogens (tertiary/aromatic N) is 3. The number of imidazole rings is 1. The van der Waals surface area contributed by atoms with Crippen molar-refractivity contribution in [3.05, 3.63) is 47.5 Å². The van der Waals surface area contributed by atoms with E-state index in [1.807, 2.05) is 0 Å². The highest BCUT2D eigenvalue weighted by atomic mass is 32.2. The van der Waals surface area contributed by atoms with Gasteiger partial charge in [0.1, 0.15) is 26.9 Å². The number of ether oxygens (including phenoxy) is 2. The quantitative estimate of drug-likeness (QED) is 0.438. The van der Waals surface area contributed by atoms with Gasteiger partial charge in [-0.25, -0.2) is 18.4 Å². The average molecular weight is 555 g/mol. The van der Waals surface area contributed by atoms with Gasteiger partial charge in [-0.15, -0.1) is 0 Å². The summed E-state index contributed by atoms with van der Waals surface area (Å²) in [5.41, 5.74) is 0.363. The molecule has 0 aromatic carbocycles. The van der Waals surface area contributed by atoms with Crippen LogP contribution in [0.25, 0.3) is 5.65 Å². The number of ketones is 1. The number of hydrogen-bond donors (Lipinski definition) is 1. The number of aromatic nitrogens is 3. The number of carbonyl (C=O) groups is 2. The summed E-state index contributed by atoms with van der Waals surface area (Å²) in [6.45, 7) is 3.09. The monoisotopic (exact) mass is 554 g/mol. The number of aryl methyl sites for hydroxylation is 1. The third-order valence-electron chi connectivity index (χ3n) is 6.22. The number of rotatable bonds is 7. The van der Waals surface area contributed by atoms with Crippen molar-refractivity contribution in [2.24, 2.45) is 0 Å². The summed E-state index contributed by atoms with van der Waals surface area (Å²) in [4.78, 5) is 33.0. The molecule has 1 aliphatic rings. The number of carbonyl (C=O) groups excluding carboxylic acids is 2. The number of halogens is 3. The van der Waals surface area contributed by atoms with Crippen molar-refractivity contribution >= 4 is 27.2 Å². The number of fused-ring (bicyclic) bond motifs is 1. The van der Waals surface area contributed by atoms with Crippen molar-refractivity contribution in [2.45, 2.75) is 45.3 Å². The van der Waals surface area contributed by atoms with Gasteiger partial charge < -0.3 is 14.8 Å². The summed E-state index contributed by atoms with van der Waals surface area (Å²) in [6, 6.07) is 4.16. The first-order valence-electron chi connectivity index (χ1n) is 11.5. The summed E-state index contributed by atoms with van der Waals surface area (Å²) in [6.07, 6.45) is -1.38. The first-order valence-corrected chi connectivity index (χ1v) is 13.4. The Labute approximate surface area is 216 Å². The van der Waals surface area contributed by atoms with Gasteiger partial charge >= 0.3 is 6.18 Å². The van der Waals surface area contributed by atoms with Crippen LogP contribution in [0.5, 0.6) is 17.4 Å². The van der Waals surface area contributed by atoms with Crippen LogP contribution in [0.1, 0.15) is 53.2 Å². The van der Waals surface area contributed by atoms with E-state index in [0.29, 0.717) is 24.2 Å². The maximum absolute atomic E-state index is 13.0. The van der Waals surface area contributed by atoms with E-state index in [1.165, 1.54) is 25.4 Å². The van der Waals surface area contributed by atoms with E-state index in [2.05, 4.69) is 15.3 Å². The number of hydrogen-bond acceptors (Lipinski definition) is 8. The van der Waals surface area contributed by atoms with Crippen LogP contribution in [0.2, 0.25) is 0 Å². The Kier molecular flexibility index (Phi) is 7.12. The molecule has 4 rings (SSSR count). The third-order valence-corrected chi connectivity index (χ3v) is 7.87. The van der Waals surface area contributed by atoms with Gasteiger partial charge in [0, 0.05) is 17.3 Å². The van der Waals surface area contributed by atoms with Gasteiger partial charge in [-0.1, -0.05) is 0 Å². The molecule has 0 aliphatic carbocycles. The summed E-state index contributed by atoms with van der Waals surface area (Å²) in [5.74, 6) is -1.37. The van der Waals surface area contributed by atoms with Gasteiger partial charge in [-0.3, -0.25) is 14.0 Å². The summed E-state index contributed by atoms with van der Waals surface area (Å²) in [5, 5.41) is 2.90. The van der Waals surface area contributed by atoms with Crippen molar-refractivity contribution in [1.82, 2.24) is 19.7 Å². The standard InChI is InChI=1S/C24H25F3N4O6S/c1-14-20(21(33)30-23(3)6-8-38(34,35)9-7-23)29-19-5-4-17(12-31(14)19)37-22-18(36-13-24(25,26)27)10-16(11-28-22)15(2)32/h4-5,10-12H,6-9,13H2,1-3H3,(H,30,33). The van der Waals surface area contributed by atoms with Crippen molar-refractivity contribution in [3.8, 4) is 17.4 Å². The van der Waals surface area contributed by atoms with Crippen LogP contribution >= 0.6 is 0 Å². The maximum Gasteiger partial charge on any atom is 0.422 e. The van der Waals surface area contributed by atoms with Gasteiger partial charge in [0.05, 0.1) is 23.4 Å². The fourth-order valence-corrected chi connectivity index (χ4v) is 5.67. The molecular weight excluding hydrogens is 529 g/mol. The molecule has 0 unspecified atom stereocenters. The largest absolute Gasteiger partial charge is 0.478 e. The molecule has 0 bridgehead atoms. The fraction of sp³-hybridized carbons (Fsp3) is 0.417. The molecular formula is C24H25F3N4O6S. The minimum Gasteiger partial charge on any atom is -0.478 e. The van der Waals surface area contributed by atoms with Crippen molar-refractivity contribution in [1.29, 1.82) is 0 Å². The Hall–Kier alpha value is -3.68. The molecule has 1 saturated heterocycles. The number of sulfone groups is 1. The topological polar surface area (TPSA) is 129 Å². The smallest absolute Gasteiger partial charge is 0.422 e. The molecule has 0 atom stereocenters. The zero-order chi connectivity index (χ0) is 27.9.